The van der Waals surface area contributed by atoms with Gasteiger partial charge in [0.05, 0.1) is 12.0 Å². The molecule has 0 saturated heterocycles. The molecule has 1 aromatic rings. The standard InChI is InChI=1S/C10H11ClN2S/c1-7-4-10-9(5-8(7)11)12-6-13-14(10,2)3/h4-6H,2-3H2,1H3,(H,12,13). The third-order valence-electron chi connectivity index (χ3n) is 2.14. The smallest absolute Gasteiger partial charge is 0.0999 e. The van der Waals surface area contributed by atoms with Crippen molar-refractivity contribution < 1.29 is 0 Å². The van der Waals surface area contributed by atoms with E-state index in [9.17, 15) is 0 Å². The summed E-state index contributed by atoms with van der Waals surface area (Å²) in [5.74, 6) is 8.07. The fraction of sp³-hybridized carbons (Fsp3) is 0.100. The maximum atomic E-state index is 6.02. The summed E-state index contributed by atoms with van der Waals surface area (Å²) in [5, 5.41) is 3.80. The molecule has 14 heavy (non-hydrogen) atoms. The number of anilines is 1. The van der Waals surface area contributed by atoms with E-state index in [-0.39, 0.29) is 0 Å². The fourth-order valence-electron chi connectivity index (χ4n) is 1.34. The van der Waals surface area contributed by atoms with Crippen LogP contribution < -0.4 is 5.32 Å². The van der Waals surface area contributed by atoms with Crippen LogP contribution in [0.2, 0.25) is 5.02 Å². The lowest BCUT2D eigenvalue weighted by molar-refractivity contribution is 1.34. The van der Waals surface area contributed by atoms with Crippen LogP contribution in [0.4, 0.5) is 5.69 Å². The molecule has 4 heteroatoms. The highest BCUT2D eigenvalue weighted by Crippen LogP contribution is 2.42. The van der Waals surface area contributed by atoms with E-state index in [1.54, 1.807) is 6.34 Å². The van der Waals surface area contributed by atoms with Crippen molar-refractivity contribution in [2.45, 2.75) is 11.8 Å². The first-order valence-electron chi connectivity index (χ1n) is 4.10. The highest BCUT2D eigenvalue weighted by molar-refractivity contribution is 8.27. The Morgan fingerprint density at radius 3 is 2.86 bits per heavy atom. The van der Waals surface area contributed by atoms with E-state index < -0.39 is 9.39 Å². The molecular weight excluding hydrogens is 216 g/mol. The van der Waals surface area contributed by atoms with E-state index in [1.165, 1.54) is 0 Å². The molecule has 2 nitrogen and oxygen atoms in total. The molecule has 1 aliphatic heterocycles. The molecule has 0 aliphatic carbocycles. The number of halogens is 1. The van der Waals surface area contributed by atoms with Gasteiger partial charge >= 0.3 is 0 Å². The number of hydrogen-bond donors (Lipinski definition) is 1. The van der Waals surface area contributed by atoms with E-state index in [4.69, 9.17) is 11.6 Å². The van der Waals surface area contributed by atoms with Gasteiger partial charge in [0.15, 0.2) is 0 Å². The highest BCUT2D eigenvalue weighted by Gasteiger charge is 2.12. The number of benzene rings is 1. The van der Waals surface area contributed by atoms with Gasteiger partial charge in [-0.05, 0) is 24.6 Å². The van der Waals surface area contributed by atoms with Crippen molar-refractivity contribution in [1.29, 1.82) is 0 Å². The number of nitrogens with zero attached hydrogens (tertiary/aromatic N) is 1. The van der Waals surface area contributed by atoms with Crippen LogP contribution in [-0.4, -0.2) is 18.1 Å². The lowest BCUT2D eigenvalue weighted by atomic mass is 10.2. The topological polar surface area (TPSA) is 24.4 Å². The van der Waals surface area contributed by atoms with E-state index in [0.29, 0.717) is 0 Å². The molecule has 1 N–H and O–H groups in total. The van der Waals surface area contributed by atoms with Crippen LogP contribution in [0.1, 0.15) is 5.56 Å². The third kappa shape index (κ3) is 1.42. The molecule has 0 saturated carbocycles. The van der Waals surface area contributed by atoms with Crippen LogP contribution in [-0.2, 0) is 0 Å². The maximum absolute atomic E-state index is 6.02. The SMILES string of the molecule is C=S1(=C)N=CNc2cc(Cl)c(C)cc21. The maximum Gasteiger partial charge on any atom is 0.0999 e. The zero-order chi connectivity index (χ0) is 10.3. The molecule has 1 heterocycles. The van der Waals surface area contributed by atoms with Crippen molar-refractivity contribution in [3.05, 3.63) is 22.7 Å². The first-order chi connectivity index (χ1) is 6.50. The van der Waals surface area contributed by atoms with Crippen LogP contribution in [0, 0.1) is 6.92 Å². The van der Waals surface area contributed by atoms with E-state index in [1.807, 2.05) is 19.1 Å². The van der Waals surface area contributed by atoms with Gasteiger partial charge < -0.3 is 5.32 Å². The normalized spacial score (nSPS) is 17.3. The molecule has 0 amide bonds. The molecule has 0 radical (unpaired) electrons. The summed E-state index contributed by atoms with van der Waals surface area (Å²) in [6, 6.07) is 3.91. The summed E-state index contributed by atoms with van der Waals surface area (Å²) in [7, 11) is -1.53. The third-order valence-corrected chi connectivity index (χ3v) is 4.22. The van der Waals surface area contributed by atoms with Gasteiger partial charge in [0.2, 0.25) is 0 Å². The van der Waals surface area contributed by atoms with Crippen LogP contribution in [0.15, 0.2) is 21.4 Å². The van der Waals surface area contributed by atoms with Crippen LogP contribution in [0.3, 0.4) is 0 Å². The molecule has 1 aliphatic rings. The molecule has 0 unspecified atom stereocenters. The average molecular weight is 227 g/mol. The Bertz CT molecular complexity index is 515. The van der Waals surface area contributed by atoms with Crippen molar-refractivity contribution in [2.75, 3.05) is 5.32 Å². The zero-order valence-corrected chi connectivity index (χ0v) is 9.45. The Kier molecular flexibility index (Phi) is 2.09. The minimum Gasteiger partial charge on any atom is -0.345 e. The number of rotatable bonds is 0. The molecule has 0 fully saturated rings. The van der Waals surface area contributed by atoms with Gasteiger partial charge in [-0.1, -0.05) is 32.7 Å². The number of hydrogen-bond acceptors (Lipinski definition) is 2. The molecule has 1 aromatic carbocycles. The highest BCUT2D eigenvalue weighted by atomic mass is 35.5. The Labute approximate surface area is 89.2 Å². The van der Waals surface area contributed by atoms with Gasteiger partial charge in [-0.15, -0.1) is 0 Å². The largest absolute Gasteiger partial charge is 0.345 e. The Balaban J connectivity index is 2.76. The minimum absolute atomic E-state index is 0.752. The monoisotopic (exact) mass is 226 g/mol. The van der Waals surface area contributed by atoms with E-state index >= 15 is 0 Å². The summed E-state index contributed by atoms with van der Waals surface area (Å²) >= 11 is 6.02. The molecule has 0 bridgehead atoms. The molecular formula is C10H11ClN2S. The number of aryl methyl sites for hydroxylation is 1. The second-order valence-corrected chi connectivity index (χ2v) is 6.06. The number of nitrogens with one attached hydrogen (secondary N) is 1. The lowest BCUT2D eigenvalue weighted by Gasteiger charge is -2.20. The molecule has 0 atom stereocenters. The van der Waals surface area contributed by atoms with Crippen molar-refractivity contribution in [1.82, 2.24) is 0 Å². The van der Waals surface area contributed by atoms with Gasteiger partial charge in [0, 0.05) is 9.92 Å². The summed E-state index contributed by atoms with van der Waals surface area (Å²) in [4.78, 5) is 1.06. The van der Waals surface area contributed by atoms with Crippen molar-refractivity contribution in [2.24, 2.45) is 4.40 Å². The Hall–Kier alpha value is -0.930. The molecule has 74 valence electrons. The Morgan fingerprint density at radius 2 is 2.14 bits per heavy atom. The second-order valence-electron chi connectivity index (χ2n) is 3.32. The van der Waals surface area contributed by atoms with Gasteiger partial charge in [0.1, 0.15) is 0 Å². The molecule has 0 aromatic heterocycles. The number of fused-ring (bicyclic) bond motifs is 1. The first kappa shape index (κ1) is 9.62. The van der Waals surface area contributed by atoms with Crippen LogP contribution in [0.25, 0.3) is 0 Å². The van der Waals surface area contributed by atoms with Gasteiger partial charge in [-0.3, -0.25) is 0 Å². The first-order valence-corrected chi connectivity index (χ1v) is 6.41. The van der Waals surface area contributed by atoms with Gasteiger partial charge in [0.25, 0.3) is 0 Å². The fourth-order valence-corrected chi connectivity index (χ4v) is 2.79. The van der Waals surface area contributed by atoms with Gasteiger partial charge in [-0.25, -0.2) is 4.40 Å². The van der Waals surface area contributed by atoms with Crippen molar-refractivity contribution in [3.63, 3.8) is 0 Å². The summed E-state index contributed by atoms with van der Waals surface area (Å²) in [5.41, 5.74) is 2.00. The lowest BCUT2D eigenvalue weighted by Crippen LogP contribution is -2.03. The molecule has 2 rings (SSSR count). The molecule has 0 spiro atoms. The quantitative estimate of drug-likeness (QED) is 0.676. The summed E-state index contributed by atoms with van der Waals surface area (Å²) < 4.78 is 4.26. The Morgan fingerprint density at radius 1 is 1.43 bits per heavy atom. The second kappa shape index (κ2) is 3.04. The predicted molar refractivity (Wildman–Crippen MR) is 68.4 cm³/mol. The van der Waals surface area contributed by atoms with Gasteiger partial charge in [-0.2, -0.15) is 0 Å². The zero-order valence-electron chi connectivity index (χ0n) is 7.88. The minimum atomic E-state index is -1.53. The van der Waals surface area contributed by atoms with E-state index in [2.05, 4.69) is 21.5 Å². The van der Waals surface area contributed by atoms with Crippen LogP contribution in [0.5, 0.6) is 0 Å². The van der Waals surface area contributed by atoms with Crippen molar-refractivity contribution in [3.8, 4) is 0 Å². The summed E-state index contributed by atoms with van der Waals surface area (Å²) in [6.45, 7) is 1.97. The summed E-state index contributed by atoms with van der Waals surface area (Å²) in [6.07, 6.45) is 1.64. The van der Waals surface area contributed by atoms with E-state index in [0.717, 1.165) is 21.2 Å². The van der Waals surface area contributed by atoms with Crippen LogP contribution >= 0.6 is 21.0 Å². The predicted octanol–water partition coefficient (Wildman–Crippen LogP) is 3.04. The average Bonchev–Trinajstić information content (AvgIpc) is 2.08. The van der Waals surface area contributed by atoms with Crippen molar-refractivity contribution >= 4 is 44.8 Å².